The zero-order chi connectivity index (χ0) is 14.2. The summed E-state index contributed by atoms with van der Waals surface area (Å²) in [5.74, 6) is -4.01. The van der Waals surface area contributed by atoms with Crippen molar-refractivity contribution in [2.24, 2.45) is 7.05 Å². The fourth-order valence-electron chi connectivity index (χ4n) is 1.09. The number of anilines is 1. The molecule has 9 nitrogen and oxygen atoms in total. The molecule has 0 aromatic carbocycles. The van der Waals surface area contributed by atoms with Crippen molar-refractivity contribution in [3.63, 3.8) is 0 Å². The highest BCUT2D eigenvalue weighted by molar-refractivity contribution is 5.96. The summed E-state index contributed by atoms with van der Waals surface area (Å²) in [7, 11) is 1.23. The molecule has 2 heterocycles. The van der Waals surface area contributed by atoms with Crippen molar-refractivity contribution < 1.29 is 27.1 Å². The van der Waals surface area contributed by atoms with Crippen LogP contribution >= 0.6 is 0 Å². The average molecular weight is 279 g/mol. The van der Waals surface area contributed by atoms with Gasteiger partial charge in [-0.2, -0.15) is 13.2 Å². The minimum Gasteiger partial charge on any atom is -0.298 e. The zero-order valence-corrected chi connectivity index (χ0v) is 9.06. The van der Waals surface area contributed by atoms with Crippen molar-refractivity contribution in [1.29, 1.82) is 0 Å². The topological polar surface area (TPSA) is 116 Å². The third-order valence-corrected chi connectivity index (χ3v) is 1.99. The summed E-state index contributed by atoms with van der Waals surface area (Å²) < 4.78 is 45.5. The van der Waals surface area contributed by atoms with Gasteiger partial charge in [0.2, 0.25) is 11.6 Å². The van der Waals surface area contributed by atoms with E-state index in [1.807, 2.05) is 0 Å². The van der Waals surface area contributed by atoms with E-state index in [-0.39, 0.29) is 11.5 Å². The van der Waals surface area contributed by atoms with Crippen LogP contribution < -0.4 is 11.1 Å². The number of alkyl halides is 3. The standard InChI is InChI=1S/C7H4F3N5O4/c1-15-4(14-18-6(15)17)2-3(13-19-12-2)11-5(16)7(8,9)10/h1H3,(H,11,13,16). The molecule has 0 aliphatic carbocycles. The highest BCUT2D eigenvalue weighted by atomic mass is 19.4. The van der Waals surface area contributed by atoms with Gasteiger partial charge in [-0.15, -0.1) is 0 Å². The van der Waals surface area contributed by atoms with Gasteiger partial charge in [-0.25, -0.2) is 9.42 Å². The van der Waals surface area contributed by atoms with E-state index in [1.54, 1.807) is 0 Å². The fourth-order valence-corrected chi connectivity index (χ4v) is 1.09. The van der Waals surface area contributed by atoms with Gasteiger partial charge in [0, 0.05) is 7.05 Å². The Labute approximate surface area is 100 Å². The molecule has 0 atom stereocenters. The second-order valence-electron chi connectivity index (χ2n) is 3.24. The molecule has 0 aliphatic heterocycles. The van der Waals surface area contributed by atoms with E-state index in [9.17, 15) is 22.8 Å². The molecular weight excluding hydrogens is 275 g/mol. The molecule has 0 bridgehead atoms. The Kier molecular flexibility index (Phi) is 2.84. The summed E-state index contributed by atoms with van der Waals surface area (Å²) in [6.07, 6.45) is -5.11. The number of carbonyl (C=O) groups is 1. The highest BCUT2D eigenvalue weighted by Crippen LogP contribution is 2.23. The van der Waals surface area contributed by atoms with Crippen LogP contribution in [0.15, 0.2) is 13.9 Å². The number of halogens is 3. The van der Waals surface area contributed by atoms with Crippen LogP contribution in [0.3, 0.4) is 0 Å². The van der Waals surface area contributed by atoms with Gasteiger partial charge < -0.3 is 0 Å². The van der Waals surface area contributed by atoms with E-state index in [4.69, 9.17) is 0 Å². The lowest BCUT2D eigenvalue weighted by Gasteiger charge is -2.04. The van der Waals surface area contributed by atoms with Gasteiger partial charge in [-0.05, 0) is 10.3 Å². The van der Waals surface area contributed by atoms with Crippen LogP contribution in [0, 0.1) is 0 Å². The normalized spacial score (nSPS) is 11.6. The number of hydrogen-bond donors (Lipinski definition) is 1. The third-order valence-electron chi connectivity index (χ3n) is 1.99. The molecule has 0 radical (unpaired) electrons. The first-order chi connectivity index (χ1) is 8.80. The first kappa shape index (κ1) is 12.8. The number of rotatable bonds is 2. The second kappa shape index (κ2) is 4.22. The first-order valence-electron chi connectivity index (χ1n) is 4.54. The third kappa shape index (κ3) is 2.31. The van der Waals surface area contributed by atoms with E-state index in [1.165, 1.54) is 12.4 Å². The van der Waals surface area contributed by atoms with E-state index < -0.39 is 23.7 Å². The van der Waals surface area contributed by atoms with E-state index >= 15 is 0 Å². The van der Waals surface area contributed by atoms with Crippen molar-refractivity contribution in [3.8, 4) is 11.5 Å². The van der Waals surface area contributed by atoms with Crippen LogP contribution in [0.2, 0.25) is 0 Å². The van der Waals surface area contributed by atoms with Crippen LogP contribution in [-0.4, -0.2) is 32.1 Å². The number of carbonyl (C=O) groups excluding carboxylic acids is 1. The molecule has 1 N–H and O–H groups in total. The summed E-state index contributed by atoms with van der Waals surface area (Å²) in [5.41, 5.74) is -0.369. The number of aromatic nitrogens is 4. The van der Waals surface area contributed by atoms with Crippen LogP contribution in [-0.2, 0) is 11.8 Å². The van der Waals surface area contributed by atoms with Gasteiger partial charge in [0.05, 0.1) is 0 Å². The Bertz CT molecular complexity index is 669. The van der Waals surface area contributed by atoms with Crippen molar-refractivity contribution >= 4 is 11.7 Å². The summed E-state index contributed by atoms with van der Waals surface area (Å²) in [4.78, 5) is 21.8. The largest absolute Gasteiger partial charge is 0.471 e. The maximum Gasteiger partial charge on any atom is 0.471 e. The maximum atomic E-state index is 12.1. The monoisotopic (exact) mass is 279 g/mol. The number of amides is 1. The lowest BCUT2D eigenvalue weighted by molar-refractivity contribution is -0.167. The van der Waals surface area contributed by atoms with Crippen LogP contribution in [0.25, 0.3) is 11.5 Å². The van der Waals surface area contributed by atoms with Crippen LogP contribution in [0.5, 0.6) is 0 Å². The molecule has 2 rings (SSSR count). The highest BCUT2D eigenvalue weighted by Gasteiger charge is 2.40. The van der Waals surface area contributed by atoms with Gasteiger partial charge >= 0.3 is 17.8 Å². The SMILES string of the molecule is Cn1c(-c2nonc2NC(=O)C(F)(F)F)noc1=O. The summed E-state index contributed by atoms with van der Waals surface area (Å²) in [5, 5.41) is 11.0. The van der Waals surface area contributed by atoms with Crippen molar-refractivity contribution in [3.05, 3.63) is 10.6 Å². The molecule has 19 heavy (non-hydrogen) atoms. The molecule has 0 saturated heterocycles. The van der Waals surface area contributed by atoms with Crippen molar-refractivity contribution in [2.45, 2.75) is 6.18 Å². The maximum absolute atomic E-state index is 12.1. The lowest BCUT2D eigenvalue weighted by Crippen LogP contribution is -2.30. The predicted octanol–water partition coefficient (Wildman–Crippen LogP) is -0.0759. The number of nitrogens with one attached hydrogen (secondary N) is 1. The van der Waals surface area contributed by atoms with Crippen LogP contribution in [0.1, 0.15) is 0 Å². The molecule has 1 amide bonds. The Balaban J connectivity index is 2.36. The number of nitrogens with zero attached hydrogens (tertiary/aromatic N) is 4. The Hall–Kier alpha value is -2.66. The molecule has 0 unspecified atom stereocenters. The Morgan fingerprint density at radius 1 is 1.32 bits per heavy atom. The van der Waals surface area contributed by atoms with E-state index in [2.05, 4.69) is 24.6 Å². The molecule has 0 aliphatic rings. The lowest BCUT2D eigenvalue weighted by atomic mass is 10.4. The summed E-state index contributed by atoms with van der Waals surface area (Å²) in [6, 6.07) is 0. The average Bonchev–Trinajstić information content (AvgIpc) is 2.87. The Morgan fingerprint density at radius 3 is 2.53 bits per heavy atom. The fraction of sp³-hybridized carbons (Fsp3) is 0.286. The number of hydrogen-bond acceptors (Lipinski definition) is 7. The van der Waals surface area contributed by atoms with Crippen molar-refractivity contribution in [1.82, 2.24) is 20.0 Å². The molecule has 102 valence electrons. The molecule has 12 heteroatoms. The molecular formula is C7H4F3N5O4. The first-order valence-corrected chi connectivity index (χ1v) is 4.54. The summed E-state index contributed by atoms with van der Waals surface area (Å²) >= 11 is 0. The van der Waals surface area contributed by atoms with Gasteiger partial charge in [-0.3, -0.25) is 19.2 Å². The molecule has 2 aromatic rings. The van der Waals surface area contributed by atoms with Gasteiger partial charge in [0.25, 0.3) is 0 Å². The molecule has 2 aromatic heterocycles. The summed E-state index contributed by atoms with van der Waals surface area (Å²) in [6.45, 7) is 0. The molecule has 0 fully saturated rings. The van der Waals surface area contributed by atoms with Crippen molar-refractivity contribution in [2.75, 3.05) is 5.32 Å². The minimum absolute atomic E-state index is 0.247. The van der Waals surface area contributed by atoms with E-state index in [0.29, 0.717) is 0 Å². The minimum atomic E-state index is -5.11. The zero-order valence-electron chi connectivity index (χ0n) is 9.06. The van der Waals surface area contributed by atoms with Gasteiger partial charge in [0.15, 0.2) is 5.69 Å². The predicted molar refractivity (Wildman–Crippen MR) is 49.7 cm³/mol. The quantitative estimate of drug-likeness (QED) is 0.817. The van der Waals surface area contributed by atoms with Gasteiger partial charge in [-0.1, -0.05) is 5.16 Å². The molecule has 0 spiro atoms. The van der Waals surface area contributed by atoms with Crippen LogP contribution in [0.4, 0.5) is 19.0 Å². The van der Waals surface area contributed by atoms with E-state index in [0.717, 1.165) is 4.57 Å². The smallest absolute Gasteiger partial charge is 0.298 e. The van der Waals surface area contributed by atoms with Gasteiger partial charge in [0.1, 0.15) is 0 Å². The Morgan fingerprint density at radius 2 is 2.00 bits per heavy atom. The second-order valence-corrected chi connectivity index (χ2v) is 3.24. The molecule has 0 saturated carbocycles.